The number of guanidine groups is 1. The maximum absolute atomic E-state index is 13.7. The molecular weight excluding hydrogens is 370 g/mol. The Bertz CT molecular complexity index is 763. The normalized spacial score (nSPS) is 11.3. The summed E-state index contributed by atoms with van der Waals surface area (Å²) in [5, 5.41) is 8.26. The first kappa shape index (κ1) is 20.8. The van der Waals surface area contributed by atoms with Crippen molar-refractivity contribution in [2.45, 2.75) is 12.8 Å². The van der Waals surface area contributed by atoms with Crippen LogP contribution in [0, 0.1) is 11.6 Å². The fourth-order valence-corrected chi connectivity index (χ4v) is 2.98. The SMILES string of the molecule is CN(C)C(=O)CN=C(NCCc1cccs1)NCCc1cc(F)ccc1F. The van der Waals surface area contributed by atoms with Crippen LogP contribution in [0.15, 0.2) is 40.7 Å². The third-order valence-electron chi connectivity index (χ3n) is 3.81. The number of hydrogen-bond acceptors (Lipinski definition) is 3. The molecule has 8 heteroatoms. The average Bonchev–Trinajstić information content (AvgIpc) is 3.15. The van der Waals surface area contributed by atoms with E-state index < -0.39 is 11.6 Å². The van der Waals surface area contributed by atoms with Crippen LogP contribution in [0.4, 0.5) is 8.78 Å². The van der Waals surface area contributed by atoms with Crippen molar-refractivity contribution in [3.63, 3.8) is 0 Å². The van der Waals surface area contributed by atoms with Gasteiger partial charge in [0.1, 0.15) is 18.2 Å². The van der Waals surface area contributed by atoms with Gasteiger partial charge in [-0.05, 0) is 48.1 Å². The molecule has 27 heavy (non-hydrogen) atoms. The zero-order valence-electron chi connectivity index (χ0n) is 15.5. The van der Waals surface area contributed by atoms with Gasteiger partial charge < -0.3 is 15.5 Å². The summed E-state index contributed by atoms with van der Waals surface area (Å²) in [5.74, 6) is -0.555. The standard InChI is InChI=1S/C19H24F2N4OS/c1-25(2)18(26)13-24-19(23-10-8-16-4-3-11-27-16)22-9-7-14-12-15(20)5-6-17(14)21/h3-6,11-12H,7-10,13H2,1-2H3,(H2,22,23,24). The van der Waals surface area contributed by atoms with Crippen molar-refractivity contribution in [1.29, 1.82) is 0 Å². The van der Waals surface area contributed by atoms with Crippen molar-refractivity contribution in [3.8, 4) is 0 Å². The van der Waals surface area contributed by atoms with Gasteiger partial charge in [0.15, 0.2) is 5.96 Å². The number of nitrogens with one attached hydrogen (secondary N) is 2. The van der Waals surface area contributed by atoms with Gasteiger partial charge in [0.25, 0.3) is 0 Å². The number of aliphatic imine (C=N–C) groups is 1. The fraction of sp³-hybridized carbons (Fsp3) is 0.368. The van der Waals surface area contributed by atoms with Crippen LogP contribution >= 0.6 is 11.3 Å². The summed E-state index contributed by atoms with van der Waals surface area (Å²) < 4.78 is 27.0. The quantitative estimate of drug-likeness (QED) is 0.534. The van der Waals surface area contributed by atoms with Crippen LogP contribution in [0.3, 0.4) is 0 Å². The molecule has 0 aliphatic carbocycles. The van der Waals surface area contributed by atoms with E-state index in [2.05, 4.69) is 21.7 Å². The molecule has 1 aromatic heterocycles. The number of nitrogens with zero attached hydrogens (tertiary/aromatic N) is 2. The average molecular weight is 394 g/mol. The molecule has 1 heterocycles. The molecule has 0 unspecified atom stereocenters. The predicted molar refractivity (Wildman–Crippen MR) is 105 cm³/mol. The van der Waals surface area contributed by atoms with Crippen LogP contribution in [-0.4, -0.2) is 50.5 Å². The van der Waals surface area contributed by atoms with Gasteiger partial charge >= 0.3 is 0 Å². The summed E-state index contributed by atoms with van der Waals surface area (Å²) in [6.45, 7) is 1.02. The van der Waals surface area contributed by atoms with Gasteiger partial charge in [-0.2, -0.15) is 0 Å². The van der Waals surface area contributed by atoms with Crippen molar-refractivity contribution in [3.05, 3.63) is 57.8 Å². The molecule has 0 saturated heterocycles. The lowest BCUT2D eigenvalue weighted by Crippen LogP contribution is -2.40. The van der Waals surface area contributed by atoms with Crippen molar-refractivity contribution < 1.29 is 13.6 Å². The van der Waals surface area contributed by atoms with Crippen LogP contribution in [-0.2, 0) is 17.6 Å². The Hall–Kier alpha value is -2.48. The summed E-state index contributed by atoms with van der Waals surface area (Å²) in [6.07, 6.45) is 1.13. The Kier molecular flexibility index (Phi) is 8.19. The van der Waals surface area contributed by atoms with Gasteiger partial charge in [0.2, 0.25) is 5.91 Å². The number of hydrogen-bond donors (Lipinski definition) is 2. The third-order valence-corrected chi connectivity index (χ3v) is 4.75. The van der Waals surface area contributed by atoms with E-state index >= 15 is 0 Å². The Morgan fingerprint density at radius 3 is 2.56 bits per heavy atom. The van der Waals surface area contributed by atoms with Crippen molar-refractivity contribution in [1.82, 2.24) is 15.5 Å². The number of rotatable bonds is 8. The number of halogens is 2. The van der Waals surface area contributed by atoms with Gasteiger partial charge in [-0.3, -0.25) is 4.79 Å². The molecule has 0 fully saturated rings. The zero-order chi connectivity index (χ0) is 19.6. The molecule has 5 nitrogen and oxygen atoms in total. The predicted octanol–water partition coefficient (Wildman–Crippen LogP) is 2.43. The molecule has 2 rings (SSSR count). The first-order valence-electron chi connectivity index (χ1n) is 8.64. The topological polar surface area (TPSA) is 56.7 Å². The van der Waals surface area contributed by atoms with E-state index in [4.69, 9.17) is 0 Å². The number of carbonyl (C=O) groups excluding carboxylic acids is 1. The lowest BCUT2D eigenvalue weighted by atomic mass is 10.1. The molecule has 2 aromatic rings. The smallest absolute Gasteiger partial charge is 0.243 e. The maximum Gasteiger partial charge on any atom is 0.243 e. The second-order valence-electron chi connectivity index (χ2n) is 6.12. The minimum absolute atomic E-state index is 0.00958. The summed E-state index contributed by atoms with van der Waals surface area (Å²) in [4.78, 5) is 18.7. The Morgan fingerprint density at radius 2 is 1.89 bits per heavy atom. The molecule has 0 spiro atoms. The third kappa shape index (κ3) is 7.34. The number of amides is 1. The van der Waals surface area contributed by atoms with E-state index in [0.717, 1.165) is 18.6 Å². The molecule has 0 bridgehead atoms. The summed E-state index contributed by atoms with van der Waals surface area (Å²) in [5.41, 5.74) is 0.296. The highest BCUT2D eigenvalue weighted by Gasteiger charge is 2.07. The summed E-state index contributed by atoms with van der Waals surface area (Å²) in [7, 11) is 3.34. The molecule has 1 aromatic carbocycles. The highest BCUT2D eigenvalue weighted by Crippen LogP contribution is 2.10. The zero-order valence-corrected chi connectivity index (χ0v) is 16.3. The number of thiophene rings is 1. The van der Waals surface area contributed by atoms with Crippen molar-refractivity contribution in [2.75, 3.05) is 33.7 Å². The van der Waals surface area contributed by atoms with E-state index in [0.29, 0.717) is 31.0 Å². The minimum Gasteiger partial charge on any atom is -0.356 e. The van der Waals surface area contributed by atoms with Crippen LogP contribution in [0.1, 0.15) is 10.4 Å². The lowest BCUT2D eigenvalue weighted by molar-refractivity contribution is -0.127. The van der Waals surface area contributed by atoms with Crippen LogP contribution in [0.5, 0.6) is 0 Å². The van der Waals surface area contributed by atoms with Gasteiger partial charge in [-0.15, -0.1) is 11.3 Å². The molecule has 0 aliphatic heterocycles. The molecular formula is C19H24F2N4OS. The second-order valence-corrected chi connectivity index (χ2v) is 7.15. The first-order valence-corrected chi connectivity index (χ1v) is 9.52. The maximum atomic E-state index is 13.7. The van der Waals surface area contributed by atoms with E-state index in [1.807, 2.05) is 11.4 Å². The number of benzene rings is 1. The van der Waals surface area contributed by atoms with E-state index in [1.54, 1.807) is 25.4 Å². The monoisotopic (exact) mass is 394 g/mol. The molecule has 0 saturated carbocycles. The van der Waals surface area contributed by atoms with E-state index in [9.17, 15) is 13.6 Å². The van der Waals surface area contributed by atoms with Crippen LogP contribution < -0.4 is 10.6 Å². The van der Waals surface area contributed by atoms with Gasteiger partial charge in [-0.1, -0.05) is 6.07 Å². The Labute approximate surface area is 162 Å². The first-order chi connectivity index (χ1) is 13.0. The lowest BCUT2D eigenvalue weighted by Gasteiger charge is -2.14. The van der Waals surface area contributed by atoms with Crippen molar-refractivity contribution >= 4 is 23.2 Å². The molecule has 0 aliphatic rings. The van der Waals surface area contributed by atoms with Gasteiger partial charge in [0.05, 0.1) is 0 Å². The largest absolute Gasteiger partial charge is 0.356 e. The Balaban J connectivity index is 1.90. The second kappa shape index (κ2) is 10.6. The highest BCUT2D eigenvalue weighted by molar-refractivity contribution is 7.09. The van der Waals surface area contributed by atoms with Crippen LogP contribution in [0.25, 0.3) is 0 Å². The fourth-order valence-electron chi connectivity index (χ4n) is 2.27. The van der Waals surface area contributed by atoms with Gasteiger partial charge in [-0.25, -0.2) is 13.8 Å². The highest BCUT2D eigenvalue weighted by atomic mass is 32.1. The number of carbonyl (C=O) groups is 1. The Morgan fingerprint density at radius 1 is 1.15 bits per heavy atom. The summed E-state index contributed by atoms with van der Waals surface area (Å²) >= 11 is 1.68. The van der Waals surface area contributed by atoms with Crippen molar-refractivity contribution in [2.24, 2.45) is 4.99 Å². The summed E-state index contributed by atoms with van der Waals surface area (Å²) in [6, 6.07) is 7.45. The van der Waals surface area contributed by atoms with E-state index in [1.165, 1.54) is 15.8 Å². The van der Waals surface area contributed by atoms with Crippen LogP contribution in [0.2, 0.25) is 0 Å². The minimum atomic E-state index is -0.467. The molecule has 0 radical (unpaired) electrons. The molecule has 2 N–H and O–H groups in total. The molecule has 146 valence electrons. The van der Waals surface area contributed by atoms with E-state index in [-0.39, 0.29) is 12.5 Å². The van der Waals surface area contributed by atoms with Gasteiger partial charge in [0, 0.05) is 32.1 Å². The molecule has 1 amide bonds. The number of likely N-dealkylation sites (N-methyl/N-ethyl adjacent to an activating group) is 1. The molecule has 0 atom stereocenters.